The largest absolute Gasteiger partial charge is 0.508 e. The number of rotatable bonds is 1. The number of phenolic OH excluding ortho intramolecular Hbond substituents is 1. The van der Waals surface area contributed by atoms with Crippen LogP contribution in [0, 0.1) is 0 Å². The predicted molar refractivity (Wildman–Crippen MR) is 88.6 cm³/mol. The van der Waals surface area contributed by atoms with Crippen molar-refractivity contribution in [2.45, 2.75) is 5.60 Å². The minimum absolute atomic E-state index is 0.0368. The first kappa shape index (κ1) is 13.4. The van der Waals surface area contributed by atoms with Crippen LogP contribution in [0.2, 0.25) is 5.02 Å². The third-order valence-electron chi connectivity index (χ3n) is 4.27. The van der Waals surface area contributed by atoms with Gasteiger partial charge in [-0.25, -0.2) is 0 Å². The number of anilines is 1. The van der Waals surface area contributed by atoms with E-state index >= 15 is 0 Å². The smallest absolute Gasteiger partial charge is 0.137 e. The molecule has 0 saturated carbocycles. The van der Waals surface area contributed by atoms with Crippen molar-refractivity contribution in [2.75, 3.05) is 11.9 Å². The van der Waals surface area contributed by atoms with E-state index in [1.165, 1.54) is 6.07 Å². The van der Waals surface area contributed by atoms with Crippen molar-refractivity contribution in [3.8, 4) is 5.75 Å². The summed E-state index contributed by atoms with van der Waals surface area (Å²) >= 11 is 6.04. The van der Waals surface area contributed by atoms with Crippen molar-refractivity contribution < 1.29 is 10.2 Å². The fraction of sp³-hybridized carbons (Fsp3) is 0.111. The molecule has 0 radical (unpaired) electrons. The highest BCUT2D eigenvalue weighted by Crippen LogP contribution is 2.45. The van der Waals surface area contributed by atoms with Gasteiger partial charge in [-0.15, -0.1) is 0 Å². The van der Waals surface area contributed by atoms with Crippen LogP contribution in [0.5, 0.6) is 5.75 Å². The number of benzene rings is 3. The summed E-state index contributed by atoms with van der Waals surface area (Å²) in [5.41, 5.74) is 0.750. The van der Waals surface area contributed by atoms with Crippen molar-refractivity contribution in [2.24, 2.45) is 0 Å². The number of phenols is 1. The number of β-amino-alcohol motifs (C(OH)–C–C–N with tert-alkyl or cyclic N) is 1. The van der Waals surface area contributed by atoms with Gasteiger partial charge in [0.25, 0.3) is 0 Å². The van der Waals surface area contributed by atoms with Gasteiger partial charge in [-0.3, -0.25) is 0 Å². The van der Waals surface area contributed by atoms with Crippen LogP contribution in [-0.2, 0) is 5.60 Å². The van der Waals surface area contributed by atoms with E-state index in [2.05, 4.69) is 5.32 Å². The molecular formula is C18H14ClNO2. The first-order chi connectivity index (χ1) is 10.6. The Balaban J connectivity index is 1.96. The lowest BCUT2D eigenvalue weighted by atomic mass is 9.86. The van der Waals surface area contributed by atoms with E-state index in [-0.39, 0.29) is 5.75 Å². The van der Waals surface area contributed by atoms with Crippen molar-refractivity contribution in [1.82, 2.24) is 0 Å². The van der Waals surface area contributed by atoms with Crippen LogP contribution in [0.4, 0.5) is 5.69 Å². The molecule has 3 aromatic rings. The molecule has 0 bridgehead atoms. The van der Waals surface area contributed by atoms with Gasteiger partial charge in [-0.2, -0.15) is 0 Å². The van der Waals surface area contributed by atoms with Crippen LogP contribution < -0.4 is 5.32 Å². The third-order valence-corrected chi connectivity index (χ3v) is 4.51. The lowest BCUT2D eigenvalue weighted by molar-refractivity contribution is 0.100. The number of hydrogen-bond acceptors (Lipinski definition) is 3. The van der Waals surface area contributed by atoms with Gasteiger partial charge in [-0.05, 0) is 41.1 Å². The van der Waals surface area contributed by atoms with Crippen LogP contribution in [0.1, 0.15) is 11.1 Å². The van der Waals surface area contributed by atoms with Gasteiger partial charge in [0.1, 0.15) is 11.4 Å². The first-order valence-corrected chi connectivity index (χ1v) is 7.44. The summed E-state index contributed by atoms with van der Waals surface area (Å²) in [6.45, 7) is 0.298. The summed E-state index contributed by atoms with van der Waals surface area (Å²) in [4.78, 5) is 0. The number of aromatic hydroxyl groups is 1. The summed E-state index contributed by atoms with van der Waals surface area (Å²) in [6.07, 6.45) is 0. The fourth-order valence-corrected chi connectivity index (χ4v) is 3.30. The minimum atomic E-state index is -1.30. The summed E-state index contributed by atoms with van der Waals surface area (Å²) in [7, 11) is 0. The van der Waals surface area contributed by atoms with E-state index in [0.717, 1.165) is 22.0 Å². The lowest BCUT2D eigenvalue weighted by Crippen LogP contribution is -2.29. The SMILES string of the molecule is Oc1ccc(Cl)cc1C1(O)CNc2cc3ccccc3cc21. The molecule has 0 aromatic heterocycles. The Morgan fingerprint density at radius 2 is 1.68 bits per heavy atom. The van der Waals surface area contributed by atoms with Crippen molar-refractivity contribution >= 4 is 28.1 Å². The predicted octanol–water partition coefficient (Wildman–Crippen LogP) is 3.86. The van der Waals surface area contributed by atoms with Crippen molar-refractivity contribution in [3.63, 3.8) is 0 Å². The van der Waals surface area contributed by atoms with E-state index in [0.29, 0.717) is 17.1 Å². The maximum Gasteiger partial charge on any atom is 0.137 e. The molecular weight excluding hydrogens is 298 g/mol. The second-order valence-electron chi connectivity index (χ2n) is 5.62. The molecule has 3 N–H and O–H groups in total. The van der Waals surface area contributed by atoms with Crippen LogP contribution in [0.15, 0.2) is 54.6 Å². The number of hydrogen-bond donors (Lipinski definition) is 3. The maximum atomic E-state index is 11.2. The average Bonchev–Trinajstić information content (AvgIpc) is 2.85. The highest BCUT2D eigenvalue weighted by Gasteiger charge is 2.40. The van der Waals surface area contributed by atoms with E-state index < -0.39 is 5.60 Å². The quantitative estimate of drug-likeness (QED) is 0.639. The summed E-state index contributed by atoms with van der Waals surface area (Å²) in [5, 5.41) is 27.2. The number of aliphatic hydroxyl groups is 1. The molecule has 4 rings (SSSR count). The molecule has 0 saturated heterocycles. The average molecular weight is 312 g/mol. The van der Waals surface area contributed by atoms with Gasteiger partial charge in [0.2, 0.25) is 0 Å². The van der Waals surface area contributed by atoms with Crippen LogP contribution >= 0.6 is 11.6 Å². The molecule has 0 amide bonds. The van der Waals surface area contributed by atoms with Crippen LogP contribution in [0.25, 0.3) is 10.8 Å². The number of nitrogens with one attached hydrogen (secondary N) is 1. The Morgan fingerprint density at radius 1 is 0.955 bits per heavy atom. The second kappa shape index (κ2) is 4.63. The molecule has 0 spiro atoms. The molecule has 4 heteroatoms. The van der Waals surface area contributed by atoms with Gasteiger partial charge in [0.15, 0.2) is 0 Å². The molecule has 0 fully saturated rings. The summed E-state index contributed by atoms with van der Waals surface area (Å²) in [5.74, 6) is 0.0368. The zero-order valence-corrected chi connectivity index (χ0v) is 12.4. The molecule has 1 aliphatic heterocycles. The molecule has 1 heterocycles. The molecule has 3 nitrogen and oxygen atoms in total. The number of halogens is 1. The molecule has 1 atom stereocenters. The fourth-order valence-electron chi connectivity index (χ4n) is 3.13. The summed E-state index contributed by atoms with van der Waals surface area (Å²) < 4.78 is 0. The highest BCUT2D eigenvalue weighted by molar-refractivity contribution is 6.30. The monoisotopic (exact) mass is 311 g/mol. The van der Waals surface area contributed by atoms with Crippen LogP contribution in [0.3, 0.4) is 0 Å². The Kier molecular flexibility index (Phi) is 2.83. The van der Waals surface area contributed by atoms with Crippen LogP contribution in [-0.4, -0.2) is 16.8 Å². The standard InChI is InChI=1S/C18H14ClNO2/c19-13-5-6-17(21)15(9-13)18(22)10-20-16-8-12-4-2-1-3-11(12)7-14(16)18/h1-9,20-22H,10H2. The normalized spacial score (nSPS) is 19.9. The Morgan fingerprint density at radius 3 is 2.45 bits per heavy atom. The van der Waals surface area contributed by atoms with Gasteiger partial charge in [-0.1, -0.05) is 35.9 Å². The molecule has 0 aliphatic carbocycles. The van der Waals surface area contributed by atoms with E-state index in [1.54, 1.807) is 12.1 Å². The topological polar surface area (TPSA) is 52.5 Å². The van der Waals surface area contributed by atoms with Gasteiger partial charge in [0, 0.05) is 21.8 Å². The first-order valence-electron chi connectivity index (χ1n) is 7.06. The zero-order valence-electron chi connectivity index (χ0n) is 11.7. The number of fused-ring (bicyclic) bond motifs is 2. The van der Waals surface area contributed by atoms with Gasteiger partial charge >= 0.3 is 0 Å². The molecule has 110 valence electrons. The summed E-state index contributed by atoms with van der Waals surface area (Å²) in [6, 6.07) is 16.7. The Labute approximate surface area is 132 Å². The third kappa shape index (κ3) is 1.86. The Hall–Kier alpha value is -2.23. The molecule has 1 aliphatic rings. The van der Waals surface area contributed by atoms with Gasteiger partial charge < -0.3 is 15.5 Å². The lowest BCUT2D eigenvalue weighted by Gasteiger charge is -2.24. The maximum absolute atomic E-state index is 11.2. The van der Waals surface area contributed by atoms with E-state index in [1.807, 2.05) is 36.4 Å². The highest BCUT2D eigenvalue weighted by atomic mass is 35.5. The van der Waals surface area contributed by atoms with Crippen molar-refractivity contribution in [1.29, 1.82) is 0 Å². The second-order valence-corrected chi connectivity index (χ2v) is 6.06. The molecule has 1 unspecified atom stereocenters. The molecule has 22 heavy (non-hydrogen) atoms. The zero-order chi connectivity index (χ0) is 15.3. The molecule has 3 aromatic carbocycles. The minimum Gasteiger partial charge on any atom is -0.508 e. The van der Waals surface area contributed by atoms with E-state index in [9.17, 15) is 10.2 Å². The Bertz CT molecular complexity index is 893. The van der Waals surface area contributed by atoms with Gasteiger partial charge in [0.05, 0.1) is 6.54 Å². The van der Waals surface area contributed by atoms with Crippen molar-refractivity contribution in [3.05, 3.63) is 70.7 Å². The van der Waals surface area contributed by atoms with E-state index in [4.69, 9.17) is 11.6 Å².